The van der Waals surface area contributed by atoms with Crippen molar-refractivity contribution in [1.82, 2.24) is 0 Å². The first kappa shape index (κ1) is 18.8. The fourth-order valence-corrected chi connectivity index (χ4v) is 6.31. The Morgan fingerprint density at radius 2 is 1.65 bits per heavy atom. The van der Waals surface area contributed by atoms with E-state index in [9.17, 15) is 13.2 Å². The number of benzene rings is 2. The van der Waals surface area contributed by atoms with Crippen LogP contribution < -0.4 is 0 Å². The molecular weight excluding hydrogens is 344 g/mol. The molecule has 0 N–H and O–H groups in total. The second kappa shape index (κ2) is 7.36. The standard InChI is InChI=1S/C22H26O3S/c1-3-5-15-22(4-2)16-26(24,25)19-14-10-9-13-18(19)20(21(22)23)17-11-7-6-8-12-17/h6-14,20H,3-5,15-16H2,1-2H3/t20-,22+/m0/s1. The van der Waals surface area contributed by atoms with Gasteiger partial charge in [-0.25, -0.2) is 8.42 Å². The van der Waals surface area contributed by atoms with Gasteiger partial charge in [0.25, 0.3) is 0 Å². The predicted molar refractivity (Wildman–Crippen MR) is 104 cm³/mol. The third-order valence-corrected chi connectivity index (χ3v) is 7.61. The highest BCUT2D eigenvalue weighted by Gasteiger charge is 2.48. The van der Waals surface area contributed by atoms with Gasteiger partial charge in [-0.2, -0.15) is 0 Å². The molecule has 0 fully saturated rings. The average Bonchev–Trinajstić information content (AvgIpc) is 2.73. The zero-order valence-electron chi connectivity index (χ0n) is 15.4. The highest BCUT2D eigenvalue weighted by atomic mass is 32.2. The minimum Gasteiger partial charge on any atom is -0.298 e. The normalized spacial score (nSPS) is 24.7. The minimum atomic E-state index is -3.52. The summed E-state index contributed by atoms with van der Waals surface area (Å²) < 4.78 is 26.4. The highest BCUT2D eigenvalue weighted by Crippen LogP contribution is 2.45. The van der Waals surface area contributed by atoms with E-state index in [1.165, 1.54) is 0 Å². The lowest BCUT2D eigenvalue weighted by Gasteiger charge is -2.32. The van der Waals surface area contributed by atoms with Gasteiger partial charge in [0.2, 0.25) is 0 Å². The maximum atomic E-state index is 13.8. The topological polar surface area (TPSA) is 51.2 Å². The third-order valence-electron chi connectivity index (χ3n) is 5.63. The number of fused-ring (bicyclic) bond motifs is 1. The van der Waals surface area contributed by atoms with Crippen molar-refractivity contribution in [1.29, 1.82) is 0 Å². The number of hydrogen-bond acceptors (Lipinski definition) is 3. The van der Waals surface area contributed by atoms with E-state index in [1.807, 2.05) is 43.3 Å². The zero-order valence-corrected chi connectivity index (χ0v) is 16.3. The molecule has 1 aliphatic rings. The van der Waals surface area contributed by atoms with Crippen LogP contribution in [0.25, 0.3) is 0 Å². The Morgan fingerprint density at radius 3 is 2.31 bits per heavy atom. The van der Waals surface area contributed by atoms with Crippen LogP contribution in [0.2, 0.25) is 0 Å². The van der Waals surface area contributed by atoms with Crippen LogP contribution in [0.5, 0.6) is 0 Å². The Kier molecular flexibility index (Phi) is 5.33. The van der Waals surface area contributed by atoms with E-state index in [0.29, 0.717) is 23.3 Å². The first-order valence-electron chi connectivity index (χ1n) is 9.36. The molecule has 26 heavy (non-hydrogen) atoms. The Bertz CT molecular complexity index is 887. The summed E-state index contributed by atoms with van der Waals surface area (Å²) in [7, 11) is -3.52. The maximum Gasteiger partial charge on any atom is 0.179 e. The molecule has 0 aliphatic carbocycles. The molecule has 3 rings (SSSR count). The molecule has 2 aromatic rings. The fourth-order valence-electron chi connectivity index (χ4n) is 4.10. The summed E-state index contributed by atoms with van der Waals surface area (Å²) in [6, 6.07) is 16.6. The van der Waals surface area contributed by atoms with Gasteiger partial charge in [0.1, 0.15) is 0 Å². The van der Waals surface area contributed by atoms with E-state index in [1.54, 1.807) is 18.2 Å². The summed E-state index contributed by atoms with van der Waals surface area (Å²) in [6.07, 6.45) is 2.96. The van der Waals surface area contributed by atoms with Crippen molar-refractivity contribution >= 4 is 15.6 Å². The van der Waals surface area contributed by atoms with Crippen LogP contribution in [0.3, 0.4) is 0 Å². The Balaban J connectivity index is 2.27. The smallest absolute Gasteiger partial charge is 0.179 e. The summed E-state index contributed by atoms with van der Waals surface area (Å²) >= 11 is 0. The van der Waals surface area contributed by atoms with Crippen LogP contribution >= 0.6 is 0 Å². The van der Waals surface area contributed by atoms with Gasteiger partial charge in [-0.1, -0.05) is 75.2 Å². The minimum absolute atomic E-state index is 0.0492. The second-order valence-electron chi connectivity index (χ2n) is 7.24. The summed E-state index contributed by atoms with van der Waals surface area (Å²) in [5.41, 5.74) is 0.667. The molecule has 0 bridgehead atoms. The van der Waals surface area contributed by atoms with Crippen LogP contribution in [0.1, 0.15) is 56.6 Å². The molecule has 1 heterocycles. The van der Waals surface area contributed by atoms with E-state index < -0.39 is 21.2 Å². The fraction of sp³-hybridized carbons (Fsp3) is 0.409. The Morgan fingerprint density at radius 1 is 1.00 bits per heavy atom. The number of carbonyl (C=O) groups excluding carboxylic acids is 1. The molecule has 138 valence electrons. The molecule has 0 saturated carbocycles. The van der Waals surface area contributed by atoms with E-state index in [0.717, 1.165) is 18.4 Å². The number of hydrogen-bond donors (Lipinski definition) is 0. The number of carbonyl (C=O) groups is 1. The molecular formula is C22H26O3S. The number of Topliss-reactive ketones (excluding diaryl/α,β-unsaturated/α-hetero) is 1. The molecule has 0 saturated heterocycles. The quantitative estimate of drug-likeness (QED) is 0.762. The number of rotatable bonds is 5. The van der Waals surface area contributed by atoms with E-state index >= 15 is 0 Å². The van der Waals surface area contributed by atoms with Gasteiger partial charge in [0.15, 0.2) is 15.6 Å². The van der Waals surface area contributed by atoms with Crippen molar-refractivity contribution < 1.29 is 13.2 Å². The highest BCUT2D eigenvalue weighted by molar-refractivity contribution is 7.91. The molecule has 3 nitrogen and oxygen atoms in total. The van der Waals surface area contributed by atoms with E-state index in [-0.39, 0.29) is 11.5 Å². The first-order chi connectivity index (χ1) is 12.4. The van der Waals surface area contributed by atoms with Gasteiger partial charge in [-0.05, 0) is 30.0 Å². The van der Waals surface area contributed by atoms with E-state index in [4.69, 9.17) is 0 Å². The summed E-state index contributed by atoms with van der Waals surface area (Å²) in [5.74, 6) is -0.565. The summed E-state index contributed by atoms with van der Waals surface area (Å²) in [4.78, 5) is 14.1. The lowest BCUT2D eigenvalue weighted by atomic mass is 9.70. The molecule has 0 radical (unpaired) electrons. The summed E-state index contributed by atoms with van der Waals surface area (Å²) in [6.45, 7) is 4.02. The van der Waals surface area contributed by atoms with Gasteiger partial charge in [-0.15, -0.1) is 0 Å². The second-order valence-corrected chi connectivity index (χ2v) is 9.20. The molecule has 0 unspecified atom stereocenters. The number of sulfone groups is 1. The Labute approximate surface area is 156 Å². The zero-order chi connectivity index (χ0) is 18.8. The Hall–Kier alpha value is -1.94. The molecule has 0 aromatic heterocycles. The maximum absolute atomic E-state index is 13.8. The van der Waals surface area contributed by atoms with Gasteiger partial charge >= 0.3 is 0 Å². The molecule has 2 atom stereocenters. The largest absolute Gasteiger partial charge is 0.298 e. The number of ketones is 1. The molecule has 2 aromatic carbocycles. The van der Waals surface area contributed by atoms with Crippen LogP contribution in [-0.2, 0) is 14.6 Å². The number of unbranched alkanes of at least 4 members (excludes halogenated alkanes) is 1. The van der Waals surface area contributed by atoms with Crippen molar-refractivity contribution in [2.45, 2.75) is 50.3 Å². The van der Waals surface area contributed by atoms with Crippen molar-refractivity contribution in [3.8, 4) is 0 Å². The van der Waals surface area contributed by atoms with Gasteiger partial charge in [0.05, 0.1) is 16.6 Å². The average molecular weight is 371 g/mol. The van der Waals surface area contributed by atoms with E-state index in [2.05, 4.69) is 6.92 Å². The first-order valence-corrected chi connectivity index (χ1v) is 11.0. The molecule has 0 amide bonds. The van der Waals surface area contributed by atoms with Gasteiger partial charge < -0.3 is 0 Å². The van der Waals surface area contributed by atoms with Crippen LogP contribution in [-0.4, -0.2) is 20.0 Å². The lowest BCUT2D eigenvalue weighted by Crippen LogP contribution is -2.38. The lowest BCUT2D eigenvalue weighted by molar-refractivity contribution is -0.129. The summed E-state index contributed by atoms with van der Waals surface area (Å²) in [5, 5.41) is 0. The van der Waals surface area contributed by atoms with Crippen molar-refractivity contribution in [3.63, 3.8) is 0 Å². The SMILES string of the molecule is CCCC[C@]1(CC)CS(=O)(=O)c2ccccc2[C@H](c2ccccc2)C1=O. The molecule has 1 aliphatic heterocycles. The monoisotopic (exact) mass is 370 g/mol. The van der Waals surface area contributed by atoms with Crippen molar-refractivity contribution in [2.24, 2.45) is 5.41 Å². The molecule has 0 spiro atoms. The third kappa shape index (κ3) is 3.23. The van der Waals surface area contributed by atoms with Crippen LogP contribution in [0.4, 0.5) is 0 Å². The van der Waals surface area contributed by atoms with Crippen molar-refractivity contribution in [3.05, 3.63) is 65.7 Å². The van der Waals surface area contributed by atoms with Gasteiger partial charge in [-0.3, -0.25) is 4.79 Å². The predicted octanol–water partition coefficient (Wildman–Crippen LogP) is 4.76. The molecule has 4 heteroatoms. The van der Waals surface area contributed by atoms with Crippen molar-refractivity contribution in [2.75, 3.05) is 5.75 Å². The van der Waals surface area contributed by atoms with Gasteiger partial charge in [0, 0.05) is 5.41 Å². The van der Waals surface area contributed by atoms with Crippen LogP contribution in [0.15, 0.2) is 59.5 Å². The van der Waals surface area contributed by atoms with Crippen LogP contribution in [0, 0.1) is 5.41 Å².